The number of para-hydroxylation sites is 1. The molecule has 0 spiro atoms. The molecule has 0 unspecified atom stereocenters. The van der Waals surface area contributed by atoms with E-state index in [2.05, 4.69) is 0 Å². The molecule has 1 fully saturated rings. The van der Waals surface area contributed by atoms with Gasteiger partial charge < -0.3 is 29.9 Å². The molecule has 1 aliphatic heterocycles. The highest BCUT2D eigenvalue weighted by Gasteiger charge is 2.41. The first-order valence-corrected chi connectivity index (χ1v) is 10.7. The summed E-state index contributed by atoms with van der Waals surface area (Å²) in [6.45, 7) is 0.387. The molecule has 1 aromatic carbocycles. The van der Waals surface area contributed by atoms with Gasteiger partial charge in [0.2, 0.25) is 6.29 Å². The Labute approximate surface area is 176 Å². The van der Waals surface area contributed by atoms with E-state index in [1.807, 2.05) is 36.4 Å². The molecule has 4 N–H and O–H groups in total. The number of aliphatic carboxylic acids is 1. The molecule has 0 amide bonds. The Morgan fingerprint density at radius 2 is 1.93 bits per heavy atom. The van der Waals surface area contributed by atoms with E-state index in [0.717, 1.165) is 11.3 Å². The number of allylic oxidation sites excluding steroid dienone is 2. The minimum absolute atomic E-state index is 0.0863. The molecule has 166 valence electrons. The molecule has 1 saturated carbocycles. The first-order valence-electron chi connectivity index (χ1n) is 10.7. The molecule has 3 rings (SSSR count). The topological polar surface area (TPSA) is 116 Å². The lowest BCUT2D eigenvalue weighted by Gasteiger charge is -2.31. The van der Waals surface area contributed by atoms with Crippen LogP contribution in [0.25, 0.3) is 0 Å². The molecular formula is C23H32O7. The van der Waals surface area contributed by atoms with Crippen molar-refractivity contribution in [1.29, 1.82) is 0 Å². The number of aliphatic hydroxyl groups is 3. The third kappa shape index (κ3) is 6.04. The highest BCUT2D eigenvalue weighted by molar-refractivity contribution is 5.66. The quantitative estimate of drug-likeness (QED) is 0.340. The average molecular weight is 421 g/mol. The Bertz CT molecular complexity index is 719. The third-order valence-corrected chi connectivity index (χ3v) is 6.09. The molecule has 0 aromatic heterocycles. The second-order valence-corrected chi connectivity index (χ2v) is 8.24. The molecule has 0 bridgehead atoms. The van der Waals surface area contributed by atoms with Crippen LogP contribution < -0.4 is 4.74 Å². The van der Waals surface area contributed by atoms with Crippen LogP contribution in [-0.2, 0) is 16.1 Å². The van der Waals surface area contributed by atoms with E-state index in [9.17, 15) is 20.1 Å². The van der Waals surface area contributed by atoms with Gasteiger partial charge in [0.15, 0.2) is 0 Å². The smallest absolute Gasteiger partial charge is 0.303 e. The second kappa shape index (κ2) is 10.9. The van der Waals surface area contributed by atoms with Crippen molar-refractivity contribution >= 4 is 5.97 Å². The summed E-state index contributed by atoms with van der Waals surface area (Å²) in [6.07, 6.45) is 4.47. The molecule has 1 aliphatic carbocycles. The Hall–Kier alpha value is -1.93. The van der Waals surface area contributed by atoms with Crippen molar-refractivity contribution in [2.45, 2.75) is 76.2 Å². The predicted octanol–water partition coefficient (Wildman–Crippen LogP) is 2.62. The molecule has 2 aliphatic rings. The van der Waals surface area contributed by atoms with Crippen molar-refractivity contribution in [1.82, 2.24) is 0 Å². The first kappa shape index (κ1) is 22.7. The van der Waals surface area contributed by atoms with Gasteiger partial charge >= 0.3 is 5.97 Å². The zero-order chi connectivity index (χ0) is 21.5. The molecular weight excluding hydrogens is 388 g/mol. The maximum Gasteiger partial charge on any atom is 0.303 e. The number of fused-ring (bicyclic) bond motifs is 1. The van der Waals surface area contributed by atoms with Crippen LogP contribution in [0.4, 0.5) is 0 Å². The molecule has 7 nitrogen and oxygen atoms in total. The Balaban J connectivity index is 1.47. The van der Waals surface area contributed by atoms with E-state index in [1.54, 1.807) is 0 Å². The van der Waals surface area contributed by atoms with Gasteiger partial charge in [-0.25, -0.2) is 0 Å². The third-order valence-electron chi connectivity index (χ3n) is 6.09. The zero-order valence-electron chi connectivity index (χ0n) is 17.1. The predicted molar refractivity (Wildman–Crippen MR) is 110 cm³/mol. The van der Waals surface area contributed by atoms with Crippen LogP contribution >= 0.6 is 0 Å². The monoisotopic (exact) mass is 420 g/mol. The number of hydrogen-bond donors (Lipinski definition) is 4. The number of ether oxygens (including phenoxy) is 2. The minimum atomic E-state index is -0.824. The molecule has 30 heavy (non-hydrogen) atoms. The summed E-state index contributed by atoms with van der Waals surface area (Å²) in [4.78, 5) is 10.5. The number of hydrogen-bond acceptors (Lipinski definition) is 6. The summed E-state index contributed by atoms with van der Waals surface area (Å²) in [5.74, 6) is -0.285. The summed E-state index contributed by atoms with van der Waals surface area (Å²) in [7, 11) is 0. The lowest BCUT2D eigenvalue weighted by atomic mass is 9.86. The summed E-state index contributed by atoms with van der Waals surface area (Å²) in [6, 6.07) is 7.57. The highest BCUT2D eigenvalue weighted by atomic mass is 16.7. The standard InChI is InChI=1S/C23H32O7/c24-18(23-29-14-15-7-5-6-9-21(15)30-23)12-11-17-16(19(25)13-20(17)26)8-3-1-2-4-10-22(27)28/h1,3,5-7,9,16-20,23-26H,2,4,8,10-14H2,(H,27,28)/t16-,17-,18+,19+,20-,23+/m1/s1. The van der Waals surface area contributed by atoms with Crippen LogP contribution in [0.1, 0.15) is 50.5 Å². The molecule has 7 heteroatoms. The van der Waals surface area contributed by atoms with Gasteiger partial charge in [0.25, 0.3) is 0 Å². The molecule has 1 heterocycles. The fraction of sp³-hybridized carbons (Fsp3) is 0.609. The summed E-state index contributed by atoms with van der Waals surface area (Å²) in [5.41, 5.74) is 0.950. The van der Waals surface area contributed by atoms with Crippen LogP contribution in [0.5, 0.6) is 5.75 Å². The van der Waals surface area contributed by atoms with Gasteiger partial charge in [-0.1, -0.05) is 30.4 Å². The van der Waals surface area contributed by atoms with Crippen molar-refractivity contribution < 1.29 is 34.7 Å². The highest BCUT2D eigenvalue weighted by Crippen LogP contribution is 2.39. The van der Waals surface area contributed by atoms with E-state index >= 15 is 0 Å². The number of carboxylic acids is 1. The van der Waals surface area contributed by atoms with Crippen molar-refractivity contribution in [2.75, 3.05) is 0 Å². The van der Waals surface area contributed by atoms with Gasteiger partial charge in [-0.2, -0.15) is 0 Å². The van der Waals surface area contributed by atoms with Crippen LogP contribution in [-0.4, -0.2) is 51.0 Å². The van der Waals surface area contributed by atoms with Crippen LogP contribution in [0.3, 0.4) is 0 Å². The summed E-state index contributed by atoms with van der Waals surface area (Å²) >= 11 is 0. The fourth-order valence-corrected chi connectivity index (χ4v) is 4.41. The number of carbonyl (C=O) groups is 1. The van der Waals surface area contributed by atoms with Gasteiger partial charge in [-0.15, -0.1) is 0 Å². The Morgan fingerprint density at radius 1 is 1.17 bits per heavy atom. The number of unbranched alkanes of at least 4 members (excludes halogenated alkanes) is 1. The number of benzene rings is 1. The number of aliphatic hydroxyl groups excluding tert-OH is 3. The molecule has 1 aromatic rings. The second-order valence-electron chi connectivity index (χ2n) is 8.24. The largest absolute Gasteiger partial charge is 0.481 e. The van der Waals surface area contributed by atoms with Crippen LogP contribution in [0, 0.1) is 11.8 Å². The lowest BCUT2D eigenvalue weighted by molar-refractivity contribution is -0.168. The first-order chi connectivity index (χ1) is 14.5. The Morgan fingerprint density at radius 3 is 2.73 bits per heavy atom. The lowest BCUT2D eigenvalue weighted by Crippen LogP contribution is -2.37. The van der Waals surface area contributed by atoms with Crippen molar-refractivity contribution in [3.63, 3.8) is 0 Å². The van der Waals surface area contributed by atoms with E-state index < -0.39 is 30.6 Å². The summed E-state index contributed by atoms with van der Waals surface area (Å²) < 4.78 is 11.4. The van der Waals surface area contributed by atoms with Crippen molar-refractivity contribution in [2.24, 2.45) is 11.8 Å². The Kier molecular flexibility index (Phi) is 8.27. The van der Waals surface area contributed by atoms with Crippen molar-refractivity contribution in [3.05, 3.63) is 42.0 Å². The fourth-order valence-electron chi connectivity index (χ4n) is 4.41. The van der Waals surface area contributed by atoms with Crippen LogP contribution in [0.15, 0.2) is 36.4 Å². The SMILES string of the molecule is O=C(O)CCCC=CC[C@@H]1[C@@H](CC[C@H](O)[C@H]2OCc3ccccc3O2)[C@H](O)C[C@@H]1O. The van der Waals surface area contributed by atoms with E-state index in [0.29, 0.717) is 45.1 Å². The van der Waals surface area contributed by atoms with Gasteiger partial charge in [-0.05, 0) is 56.4 Å². The maximum absolute atomic E-state index is 10.6. The minimum Gasteiger partial charge on any atom is -0.481 e. The van der Waals surface area contributed by atoms with Gasteiger partial charge in [-0.3, -0.25) is 4.79 Å². The zero-order valence-corrected chi connectivity index (χ0v) is 17.1. The van der Waals surface area contributed by atoms with Crippen molar-refractivity contribution in [3.8, 4) is 5.75 Å². The normalized spacial score (nSPS) is 29.5. The molecule has 0 radical (unpaired) electrons. The maximum atomic E-state index is 10.6. The number of carboxylic acid groups (broad SMARTS) is 1. The van der Waals surface area contributed by atoms with Gasteiger partial charge in [0, 0.05) is 12.0 Å². The summed E-state index contributed by atoms with van der Waals surface area (Å²) in [5, 5.41) is 40.0. The van der Waals surface area contributed by atoms with E-state index in [4.69, 9.17) is 14.6 Å². The van der Waals surface area contributed by atoms with Gasteiger partial charge in [0.05, 0.1) is 18.8 Å². The van der Waals surface area contributed by atoms with E-state index in [1.165, 1.54) is 0 Å². The molecule has 6 atom stereocenters. The van der Waals surface area contributed by atoms with Crippen LogP contribution in [0.2, 0.25) is 0 Å². The average Bonchev–Trinajstić information content (AvgIpc) is 3.00. The van der Waals surface area contributed by atoms with E-state index in [-0.39, 0.29) is 18.3 Å². The number of rotatable bonds is 10. The van der Waals surface area contributed by atoms with Gasteiger partial charge in [0.1, 0.15) is 11.9 Å². The molecule has 0 saturated heterocycles.